The number of hydrogen-bond donors (Lipinski definition) is 1. The van der Waals surface area contributed by atoms with Crippen molar-refractivity contribution in [1.82, 2.24) is 15.2 Å². The van der Waals surface area contributed by atoms with Gasteiger partial charge in [0.1, 0.15) is 0 Å². The highest BCUT2D eigenvalue weighted by atomic mass is 32.1. The number of aromatic nitrogens is 1. The highest BCUT2D eigenvalue weighted by Crippen LogP contribution is 2.20. The molecule has 0 radical (unpaired) electrons. The zero-order valence-corrected chi connectivity index (χ0v) is 13.1. The lowest BCUT2D eigenvalue weighted by atomic mass is 10.4. The van der Waals surface area contributed by atoms with E-state index in [2.05, 4.69) is 29.2 Å². The van der Waals surface area contributed by atoms with Gasteiger partial charge in [-0.2, -0.15) is 0 Å². The van der Waals surface area contributed by atoms with Crippen molar-refractivity contribution in [3.8, 4) is 0 Å². The van der Waals surface area contributed by atoms with Crippen LogP contribution in [0.15, 0.2) is 5.38 Å². The zero-order chi connectivity index (χ0) is 14.3. The number of nitrogens with one attached hydrogen (secondary N) is 1. The number of amides is 1. The lowest BCUT2D eigenvalue weighted by molar-refractivity contribution is -0.116. The van der Waals surface area contributed by atoms with Gasteiger partial charge in [0.2, 0.25) is 5.91 Å². The summed E-state index contributed by atoms with van der Waals surface area (Å²) in [6.07, 6.45) is 0. The van der Waals surface area contributed by atoms with E-state index in [9.17, 15) is 4.79 Å². The summed E-state index contributed by atoms with van der Waals surface area (Å²) in [6.45, 7) is 10.1. The van der Waals surface area contributed by atoms with E-state index in [4.69, 9.17) is 0 Å². The van der Waals surface area contributed by atoms with E-state index in [0.717, 1.165) is 37.0 Å². The number of anilines is 1. The van der Waals surface area contributed by atoms with Crippen LogP contribution < -0.4 is 10.2 Å². The molecule has 0 saturated heterocycles. The van der Waals surface area contributed by atoms with Crippen molar-refractivity contribution in [2.24, 2.45) is 0 Å². The predicted molar refractivity (Wildman–Crippen MR) is 80.7 cm³/mol. The van der Waals surface area contributed by atoms with Crippen LogP contribution in [0.2, 0.25) is 0 Å². The molecule has 5 nitrogen and oxygen atoms in total. The molecule has 0 atom stereocenters. The predicted octanol–water partition coefficient (Wildman–Crippen LogP) is 1.56. The highest BCUT2D eigenvalue weighted by Gasteiger charge is 2.12. The molecule has 0 saturated carbocycles. The molecular weight excluding hydrogens is 260 g/mol. The van der Waals surface area contributed by atoms with E-state index < -0.39 is 0 Å². The first-order valence-corrected chi connectivity index (χ1v) is 7.58. The molecule has 1 N–H and O–H groups in total. The van der Waals surface area contributed by atoms with Crippen LogP contribution in [-0.2, 0) is 11.3 Å². The number of rotatable bonds is 8. The van der Waals surface area contributed by atoms with E-state index in [-0.39, 0.29) is 5.91 Å². The van der Waals surface area contributed by atoms with Gasteiger partial charge in [0.05, 0.1) is 5.69 Å². The van der Waals surface area contributed by atoms with E-state index in [1.165, 1.54) is 11.3 Å². The van der Waals surface area contributed by atoms with Crippen LogP contribution in [-0.4, -0.2) is 49.0 Å². The first-order valence-electron chi connectivity index (χ1n) is 6.70. The van der Waals surface area contributed by atoms with E-state index in [0.29, 0.717) is 6.54 Å². The Kier molecular flexibility index (Phi) is 6.97. The number of carbonyl (C=O) groups is 1. The van der Waals surface area contributed by atoms with Gasteiger partial charge in [-0.15, -0.1) is 11.3 Å². The Bertz CT molecular complexity index is 394. The lowest BCUT2D eigenvalue weighted by Crippen LogP contribution is -2.29. The maximum absolute atomic E-state index is 11.4. The minimum Gasteiger partial charge on any atom is -0.310 e. The summed E-state index contributed by atoms with van der Waals surface area (Å²) in [7, 11) is 2.11. The minimum absolute atomic E-state index is 0.0425. The van der Waals surface area contributed by atoms with Crippen molar-refractivity contribution >= 4 is 22.4 Å². The largest absolute Gasteiger partial charge is 0.310 e. The van der Waals surface area contributed by atoms with Gasteiger partial charge >= 0.3 is 0 Å². The molecule has 0 fully saturated rings. The summed E-state index contributed by atoms with van der Waals surface area (Å²) in [5, 5.41) is 6.17. The Hall–Kier alpha value is -0.980. The number of carbonyl (C=O) groups excluding carboxylic acids is 1. The first kappa shape index (κ1) is 16.1. The third-order valence-electron chi connectivity index (χ3n) is 2.98. The van der Waals surface area contributed by atoms with Gasteiger partial charge in [-0.3, -0.25) is 9.69 Å². The molecular formula is C13H24N4OS. The molecule has 1 heterocycles. The van der Waals surface area contributed by atoms with E-state index in [1.54, 1.807) is 11.8 Å². The zero-order valence-electron chi connectivity index (χ0n) is 12.3. The van der Waals surface area contributed by atoms with E-state index in [1.807, 2.05) is 12.3 Å². The third kappa shape index (κ3) is 5.26. The fourth-order valence-electron chi connectivity index (χ4n) is 1.64. The number of thiazole rings is 1. The summed E-state index contributed by atoms with van der Waals surface area (Å²) in [4.78, 5) is 19.9. The highest BCUT2D eigenvalue weighted by molar-refractivity contribution is 7.14. The second-order valence-electron chi connectivity index (χ2n) is 4.46. The van der Waals surface area contributed by atoms with Crippen molar-refractivity contribution in [3.05, 3.63) is 11.1 Å². The fraction of sp³-hybridized carbons (Fsp3) is 0.692. The molecule has 0 aliphatic carbocycles. The molecule has 1 aromatic rings. The topological polar surface area (TPSA) is 48.5 Å². The van der Waals surface area contributed by atoms with Crippen LogP contribution in [0.5, 0.6) is 0 Å². The SMILES string of the molecule is CCN(C)CCNCc1csc(N(CC)C(C)=O)n1. The number of likely N-dealkylation sites (N-methyl/N-ethyl adjacent to an activating group) is 1. The quantitative estimate of drug-likeness (QED) is 0.736. The second kappa shape index (κ2) is 8.24. The Labute approximate surface area is 119 Å². The van der Waals surface area contributed by atoms with Crippen LogP contribution >= 0.6 is 11.3 Å². The molecule has 108 valence electrons. The van der Waals surface area contributed by atoms with Gasteiger partial charge < -0.3 is 10.2 Å². The number of hydrogen-bond acceptors (Lipinski definition) is 5. The standard InChI is InChI=1S/C13H24N4OS/c1-5-16(4)8-7-14-9-12-10-19-13(15-12)17(6-2)11(3)18/h10,14H,5-9H2,1-4H3. The molecule has 19 heavy (non-hydrogen) atoms. The average molecular weight is 284 g/mol. The third-order valence-corrected chi connectivity index (χ3v) is 3.90. The Morgan fingerprint density at radius 1 is 1.42 bits per heavy atom. The summed E-state index contributed by atoms with van der Waals surface area (Å²) in [5.41, 5.74) is 0.999. The maximum atomic E-state index is 11.4. The van der Waals surface area contributed by atoms with Gasteiger partial charge in [-0.1, -0.05) is 6.92 Å². The van der Waals surface area contributed by atoms with E-state index >= 15 is 0 Å². The average Bonchev–Trinajstić information content (AvgIpc) is 2.83. The van der Waals surface area contributed by atoms with Crippen molar-refractivity contribution in [3.63, 3.8) is 0 Å². The minimum atomic E-state index is 0.0425. The van der Waals surface area contributed by atoms with Crippen LogP contribution in [0.25, 0.3) is 0 Å². The van der Waals surface area contributed by atoms with Gasteiger partial charge in [-0.05, 0) is 20.5 Å². The van der Waals surface area contributed by atoms with Crippen molar-refractivity contribution in [2.75, 3.05) is 38.1 Å². The van der Waals surface area contributed by atoms with Crippen LogP contribution in [0.1, 0.15) is 26.5 Å². The smallest absolute Gasteiger partial charge is 0.225 e. The normalized spacial score (nSPS) is 11.0. The summed E-state index contributed by atoms with van der Waals surface area (Å²) < 4.78 is 0. The molecule has 1 aromatic heterocycles. The van der Waals surface area contributed by atoms with Crippen LogP contribution in [0.3, 0.4) is 0 Å². The Morgan fingerprint density at radius 2 is 2.16 bits per heavy atom. The Balaban J connectivity index is 2.40. The molecule has 0 unspecified atom stereocenters. The van der Waals surface area contributed by atoms with Crippen molar-refractivity contribution < 1.29 is 4.79 Å². The molecule has 0 bridgehead atoms. The molecule has 0 aliphatic rings. The molecule has 0 aromatic carbocycles. The maximum Gasteiger partial charge on any atom is 0.225 e. The van der Waals surface area contributed by atoms with Crippen LogP contribution in [0, 0.1) is 0 Å². The van der Waals surface area contributed by atoms with Gasteiger partial charge in [0, 0.05) is 38.5 Å². The van der Waals surface area contributed by atoms with Gasteiger partial charge in [-0.25, -0.2) is 4.98 Å². The fourth-order valence-corrected chi connectivity index (χ4v) is 2.57. The Morgan fingerprint density at radius 3 is 2.74 bits per heavy atom. The molecule has 0 aliphatic heterocycles. The molecule has 1 amide bonds. The summed E-state index contributed by atoms with van der Waals surface area (Å²) in [5.74, 6) is 0.0425. The van der Waals surface area contributed by atoms with Crippen LogP contribution in [0.4, 0.5) is 5.13 Å². The summed E-state index contributed by atoms with van der Waals surface area (Å²) in [6, 6.07) is 0. The molecule has 1 rings (SSSR count). The van der Waals surface area contributed by atoms with Gasteiger partial charge in [0.25, 0.3) is 0 Å². The molecule has 6 heteroatoms. The molecule has 0 spiro atoms. The summed E-state index contributed by atoms with van der Waals surface area (Å²) >= 11 is 1.52. The van der Waals surface area contributed by atoms with Gasteiger partial charge in [0.15, 0.2) is 5.13 Å². The monoisotopic (exact) mass is 284 g/mol. The van der Waals surface area contributed by atoms with Crippen molar-refractivity contribution in [1.29, 1.82) is 0 Å². The number of nitrogens with zero attached hydrogens (tertiary/aromatic N) is 3. The first-order chi connectivity index (χ1) is 9.08. The lowest BCUT2D eigenvalue weighted by Gasteiger charge is -2.14. The van der Waals surface area contributed by atoms with Crippen molar-refractivity contribution in [2.45, 2.75) is 27.3 Å². The second-order valence-corrected chi connectivity index (χ2v) is 5.29.